The zero-order valence-corrected chi connectivity index (χ0v) is 15.1. The van der Waals surface area contributed by atoms with Crippen molar-refractivity contribution in [1.29, 1.82) is 0 Å². The Balaban J connectivity index is 2.40. The fraction of sp³-hybridized carbons (Fsp3) is 0.562. The van der Waals surface area contributed by atoms with E-state index < -0.39 is 0 Å². The van der Waals surface area contributed by atoms with Crippen molar-refractivity contribution in [3.63, 3.8) is 0 Å². The molecule has 0 heterocycles. The second-order valence-corrected chi connectivity index (χ2v) is 6.28. The minimum atomic E-state index is -0.0614. The summed E-state index contributed by atoms with van der Waals surface area (Å²) in [6.45, 7) is 1.57. The number of ether oxygens (including phenoxy) is 1. The van der Waals surface area contributed by atoms with Gasteiger partial charge in [-0.05, 0) is 42.5 Å². The lowest BCUT2D eigenvalue weighted by Gasteiger charge is -2.19. The number of methoxy groups -OCH3 is 1. The van der Waals surface area contributed by atoms with E-state index in [0.29, 0.717) is 6.54 Å². The molecule has 0 aliphatic rings. The number of hydrogen-bond acceptors (Lipinski definition) is 3. The number of guanidine groups is 1. The van der Waals surface area contributed by atoms with Crippen LogP contribution in [0.15, 0.2) is 29.3 Å². The number of aliphatic imine (C=N–C) groups is 1. The number of hydrogen-bond donors (Lipinski definition) is 2. The first-order chi connectivity index (χ1) is 10.7. The Morgan fingerprint density at radius 2 is 2.18 bits per heavy atom. The van der Waals surface area contributed by atoms with Gasteiger partial charge < -0.3 is 15.4 Å². The summed E-state index contributed by atoms with van der Waals surface area (Å²) < 4.78 is 5.54. The Hall–Kier alpha value is -0.910. The Morgan fingerprint density at radius 1 is 1.36 bits per heavy atom. The van der Waals surface area contributed by atoms with Gasteiger partial charge in [0.15, 0.2) is 5.96 Å². The molecule has 124 valence electrons. The van der Waals surface area contributed by atoms with Crippen molar-refractivity contribution in [3.05, 3.63) is 34.9 Å². The first kappa shape index (κ1) is 19.1. The van der Waals surface area contributed by atoms with E-state index in [1.807, 2.05) is 36.0 Å². The van der Waals surface area contributed by atoms with Crippen molar-refractivity contribution in [1.82, 2.24) is 10.6 Å². The number of nitrogens with one attached hydrogen (secondary N) is 2. The van der Waals surface area contributed by atoms with Gasteiger partial charge in [0.05, 0.1) is 6.10 Å². The third-order valence-corrected chi connectivity index (χ3v) is 4.18. The molecule has 0 aliphatic heterocycles. The minimum Gasteiger partial charge on any atom is -0.375 e. The highest BCUT2D eigenvalue weighted by molar-refractivity contribution is 7.98. The van der Waals surface area contributed by atoms with E-state index >= 15 is 0 Å². The molecular weight excluding hydrogens is 318 g/mol. The smallest absolute Gasteiger partial charge is 0.191 e. The van der Waals surface area contributed by atoms with Crippen LogP contribution in [-0.4, -0.2) is 45.2 Å². The molecule has 0 radical (unpaired) electrons. The molecular formula is C16H26ClN3OS. The van der Waals surface area contributed by atoms with Crippen LogP contribution in [0, 0.1) is 0 Å². The van der Waals surface area contributed by atoms with Crippen molar-refractivity contribution < 1.29 is 4.74 Å². The summed E-state index contributed by atoms with van der Waals surface area (Å²) in [5.74, 6) is 2.00. The maximum Gasteiger partial charge on any atom is 0.191 e. The highest BCUT2D eigenvalue weighted by Gasteiger charge is 2.11. The maximum atomic E-state index is 6.03. The number of benzene rings is 1. The van der Waals surface area contributed by atoms with E-state index in [1.165, 1.54) is 12.2 Å². The SMILES string of the molecule is CN=C(NCCCCSC)NCC(OC)c1cccc(Cl)c1. The number of rotatable bonds is 9. The lowest BCUT2D eigenvalue weighted by molar-refractivity contribution is 0.106. The predicted molar refractivity (Wildman–Crippen MR) is 98.2 cm³/mol. The summed E-state index contributed by atoms with van der Waals surface area (Å²) in [5.41, 5.74) is 1.05. The zero-order valence-electron chi connectivity index (χ0n) is 13.6. The second-order valence-electron chi connectivity index (χ2n) is 4.86. The number of nitrogens with zero attached hydrogens (tertiary/aromatic N) is 1. The summed E-state index contributed by atoms with van der Waals surface area (Å²) in [5, 5.41) is 7.33. The first-order valence-electron chi connectivity index (χ1n) is 7.43. The van der Waals surface area contributed by atoms with Crippen LogP contribution in [-0.2, 0) is 4.74 Å². The molecule has 0 aliphatic carbocycles. The van der Waals surface area contributed by atoms with E-state index in [4.69, 9.17) is 16.3 Å². The molecule has 0 amide bonds. The number of thioether (sulfide) groups is 1. The fourth-order valence-corrected chi connectivity index (χ4v) is 2.72. The molecule has 0 fully saturated rings. The van der Waals surface area contributed by atoms with E-state index in [2.05, 4.69) is 21.9 Å². The van der Waals surface area contributed by atoms with E-state index in [9.17, 15) is 0 Å². The lowest BCUT2D eigenvalue weighted by atomic mass is 10.1. The largest absolute Gasteiger partial charge is 0.375 e. The molecule has 1 atom stereocenters. The van der Waals surface area contributed by atoms with Gasteiger partial charge in [0.2, 0.25) is 0 Å². The van der Waals surface area contributed by atoms with Crippen molar-refractivity contribution in [3.8, 4) is 0 Å². The standard InChI is InChI=1S/C16H26ClN3OS/c1-18-16(19-9-4-5-10-22-3)20-12-15(21-2)13-7-6-8-14(17)11-13/h6-8,11,15H,4-5,9-10,12H2,1-3H3,(H2,18,19,20). The summed E-state index contributed by atoms with van der Waals surface area (Å²) in [6, 6.07) is 7.74. The molecule has 6 heteroatoms. The Bertz CT molecular complexity index is 457. The molecule has 22 heavy (non-hydrogen) atoms. The quantitative estimate of drug-likeness (QED) is 0.410. The van der Waals surface area contributed by atoms with Crippen LogP contribution in [0.4, 0.5) is 0 Å². The van der Waals surface area contributed by atoms with E-state index in [0.717, 1.165) is 29.5 Å². The van der Waals surface area contributed by atoms with Crippen molar-refractivity contribution in [2.75, 3.05) is 39.3 Å². The third-order valence-electron chi connectivity index (χ3n) is 3.25. The highest BCUT2D eigenvalue weighted by Crippen LogP contribution is 2.19. The van der Waals surface area contributed by atoms with Gasteiger partial charge in [0.25, 0.3) is 0 Å². The monoisotopic (exact) mass is 343 g/mol. The van der Waals surface area contributed by atoms with Crippen LogP contribution in [0.2, 0.25) is 5.02 Å². The summed E-state index contributed by atoms with van der Waals surface area (Å²) >= 11 is 7.91. The Morgan fingerprint density at radius 3 is 2.82 bits per heavy atom. The van der Waals surface area contributed by atoms with Gasteiger partial charge >= 0.3 is 0 Å². The molecule has 1 aromatic rings. The van der Waals surface area contributed by atoms with E-state index in [-0.39, 0.29) is 6.10 Å². The number of halogens is 1. The molecule has 2 N–H and O–H groups in total. The third kappa shape index (κ3) is 7.38. The molecule has 0 bridgehead atoms. The molecule has 0 aromatic heterocycles. The molecule has 1 unspecified atom stereocenters. The van der Waals surface area contributed by atoms with Gasteiger partial charge in [0.1, 0.15) is 0 Å². The molecule has 1 aromatic carbocycles. The molecule has 0 saturated carbocycles. The Kier molecular flexibility index (Phi) is 10.1. The van der Waals surface area contributed by atoms with Gasteiger partial charge in [-0.1, -0.05) is 23.7 Å². The van der Waals surface area contributed by atoms with Crippen molar-refractivity contribution >= 4 is 29.3 Å². The van der Waals surface area contributed by atoms with Gasteiger partial charge in [0, 0.05) is 32.3 Å². The summed E-state index contributed by atoms with van der Waals surface area (Å²) in [4.78, 5) is 4.23. The molecule has 4 nitrogen and oxygen atoms in total. The predicted octanol–water partition coefficient (Wildman–Crippen LogP) is 3.34. The van der Waals surface area contributed by atoms with Crippen LogP contribution in [0.1, 0.15) is 24.5 Å². The first-order valence-corrected chi connectivity index (χ1v) is 9.20. The molecule has 0 saturated heterocycles. The van der Waals surface area contributed by atoms with Gasteiger partial charge in [-0.25, -0.2) is 0 Å². The average Bonchev–Trinajstić information content (AvgIpc) is 2.53. The van der Waals surface area contributed by atoms with Crippen molar-refractivity contribution in [2.24, 2.45) is 4.99 Å². The Labute approximate surface area is 143 Å². The van der Waals surface area contributed by atoms with Crippen LogP contribution in [0.25, 0.3) is 0 Å². The van der Waals surface area contributed by atoms with Crippen LogP contribution in [0.5, 0.6) is 0 Å². The molecule has 0 spiro atoms. The fourth-order valence-electron chi connectivity index (χ4n) is 2.03. The van der Waals surface area contributed by atoms with Gasteiger partial charge in [-0.15, -0.1) is 0 Å². The normalized spacial score (nSPS) is 13.0. The van der Waals surface area contributed by atoms with Gasteiger partial charge in [-0.2, -0.15) is 11.8 Å². The molecule has 1 rings (SSSR count). The van der Waals surface area contributed by atoms with Gasteiger partial charge in [-0.3, -0.25) is 4.99 Å². The summed E-state index contributed by atoms with van der Waals surface area (Å²) in [6.07, 6.45) is 4.43. The summed E-state index contributed by atoms with van der Waals surface area (Å²) in [7, 11) is 3.48. The van der Waals surface area contributed by atoms with Crippen molar-refractivity contribution in [2.45, 2.75) is 18.9 Å². The van der Waals surface area contributed by atoms with Crippen LogP contribution >= 0.6 is 23.4 Å². The lowest BCUT2D eigenvalue weighted by Crippen LogP contribution is -2.40. The van der Waals surface area contributed by atoms with Crippen LogP contribution < -0.4 is 10.6 Å². The minimum absolute atomic E-state index is 0.0614. The van der Waals surface area contributed by atoms with Crippen LogP contribution in [0.3, 0.4) is 0 Å². The average molecular weight is 344 g/mol. The topological polar surface area (TPSA) is 45.7 Å². The second kappa shape index (κ2) is 11.6. The maximum absolute atomic E-state index is 6.03. The van der Waals surface area contributed by atoms with E-state index in [1.54, 1.807) is 14.2 Å². The zero-order chi connectivity index (χ0) is 16.2. The number of unbranched alkanes of at least 4 members (excludes halogenated alkanes) is 1. The highest BCUT2D eigenvalue weighted by atomic mass is 35.5.